The topological polar surface area (TPSA) is 93.6 Å². The van der Waals surface area contributed by atoms with Gasteiger partial charge in [0.05, 0.1) is 0 Å². The number of aromatic nitrogens is 1. The van der Waals surface area contributed by atoms with E-state index in [1.165, 1.54) is 26.1 Å². The highest BCUT2D eigenvalue weighted by Gasteiger charge is 2.23. The van der Waals surface area contributed by atoms with Gasteiger partial charge in [-0.05, 0) is 31.2 Å². The molecule has 1 aromatic carbocycles. The fourth-order valence-electron chi connectivity index (χ4n) is 1.77. The Morgan fingerprint density at radius 1 is 1.32 bits per heavy atom. The summed E-state index contributed by atoms with van der Waals surface area (Å²) in [6.45, 7) is 1.44. The quantitative estimate of drug-likeness (QED) is 0.779. The summed E-state index contributed by atoms with van der Waals surface area (Å²) in [7, 11) is 1.43. The van der Waals surface area contributed by atoms with E-state index in [1.807, 2.05) is 0 Å². The van der Waals surface area contributed by atoms with E-state index in [9.17, 15) is 14.7 Å². The van der Waals surface area contributed by atoms with Crippen molar-refractivity contribution < 1.29 is 19.8 Å². The third-order valence-electron chi connectivity index (χ3n) is 3.09. The molecule has 1 amide bonds. The van der Waals surface area contributed by atoms with Crippen LogP contribution in [0.1, 0.15) is 17.4 Å². The number of phenolic OH excluding ortho intramolecular Hbond substituents is 1. The van der Waals surface area contributed by atoms with Gasteiger partial charge in [0.1, 0.15) is 17.5 Å². The number of aromatic amines is 1. The Bertz CT molecular complexity index is 647. The van der Waals surface area contributed by atoms with Crippen molar-refractivity contribution in [2.45, 2.75) is 13.0 Å². The molecule has 19 heavy (non-hydrogen) atoms. The molecule has 0 bridgehead atoms. The van der Waals surface area contributed by atoms with Gasteiger partial charge in [0.2, 0.25) is 0 Å². The monoisotopic (exact) mass is 262 g/mol. The summed E-state index contributed by atoms with van der Waals surface area (Å²) in [5.41, 5.74) is 0.994. The molecule has 3 N–H and O–H groups in total. The molecule has 0 spiro atoms. The predicted octanol–water partition coefficient (Wildman–Crippen LogP) is 1.42. The van der Waals surface area contributed by atoms with Gasteiger partial charge in [-0.15, -0.1) is 0 Å². The molecule has 0 saturated heterocycles. The zero-order valence-corrected chi connectivity index (χ0v) is 10.5. The summed E-state index contributed by atoms with van der Waals surface area (Å²) < 4.78 is 0. The van der Waals surface area contributed by atoms with E-state index in [-0.39, 0.29) is 11.4 Å². The van der Waals surface area contributed by atoms with Crippen LogP contribution in [0.25, 0.3) is 10.9 Å². The third-order valence-corrected chi connectivity index (χ3v) is 3.09. The average molecular weight is 262 g/mol. The number of hydrogen-bond acceptors (Lipinski definition) is 3. The van der Waals surface area contributed by atoms with E-state index in [0.717, 1.165) is 4.90 Å². The summed E-state index contributed by atoms with van der Waals surface area (Å²) in [6, 6.07) is 5.37. The minimum atomic E-state index is -1.07. The van der Waals surface area contributed by atoms with Crippen molar-refractivity contribution in [1.82, 2.24) is 9.88 Å². The van der Waals surface area contributed by atoms with Crippen LogP contribution in [0.15, 0.2) is 24.3 Å². The van der Waals surface area contributed by atoms with E-state index in [4.69, 9.17) is 5.11 Å². The Balaban J connectivity index is 2.33. The van der Waals surface area contributed by atoms with Crippen LogP contribution in [-0.2, 0) is 4.79 Å². The van der Waals surface area contributed by atoms with Crippen LogP contribution < -0.4 is 0 Å². The molecule has 0 aliphatic heterocycles. The number of likely N-dealkylation sites (N-methyl/N-ethyl adjacent to an activating group) is 1. The Kier molecular flexibility index (Phi) is 3.16. The Morgan fingerprint density at radius 2 is 2.00 bits per heavy atom. The smallest absolute Gasteiger partial charge is 0.326 e. The number of phenols is 1. The molecule has 0 aliphatic carbocycles. The van der Waals surface area contributed by atoms with E-state index in [1.54, 1.807) is 12.1 Å². The number of rotatable bonds is 3. The van der Waals surface area contributed by atoms with Crippen LogP contribution in [0, 0.1) is 0 Å². The molecule has 0 fully saturated rings. The predicted molar refractivity (Wildman–Crippen MR) is 69.2 cm³/mol. The molecule has 1 aromatic heterocycles. The lowest BCUT2D eigenvalue weighted by atomic mass is 10.2. The van der Waals surface area contributed by atoms with E-state index in [2.05, 4.69) is 4.98 Å². The van der Waals surface area contributed by atoms with Crippen LogP contribution in [-0.4, -0.2) is 45.1 Å². The van der Waals surface area contributed by atoms with Crippen molar-refractivity contribution in [2.75, 3.05) is 7.05 Å². The number of H-pyrrole nitrogens is 1. The van der Waals surface area contributed by atoms with Crippen molar-refractivity contribution in [1.29, 1.82) is 0 Å². The van der Waals surface area contributed by atoms with Crippen molar-refractivity contribution in [2.24, 2.45) is 0 Å². The molecule has 100 valence electrons. The van der Waals surface area contributed by atoms with Gasteiger partial charge in [-0.2, -0.15) is 0 Å². The lowest BCUT2D eigenvalue weighted by Crippen LogP contribution is -2.40. The minimum Gasteiger partial charge on any atom is -0.508 e. The Morgan fingerprint density at radius 3 is 2.63 bits per heavy atom. The highest BCUT2D eigenvalue weighted by atomic mass is 16.4. The van der Waals surface area contributed by atoms with E-state index >= 15 is 0 Å². The first kappa shape index (κ1) is 12.9. The van der Waals surface area contributed by atoms with Crippen LogP contribution in [0.2, 0.25) is 0 Å². The van der Waals surface area contributed by atoms with Crippen molar-refractivity contribution in [3.63, 3.8) is 0 Å². The number of hydrogen-bond donors (Lipinski definition) is 3. The molecule has 6 nitrogen and oxygen atoms in total. The number of fused-ring (bicyclic) bond motifs is 1. The zero-order chi connectivity index (χ0) is 14.2. The van der Waals surface area contributed by atoms with Gasteiger partial charge in [0.25, 0.3) is 5.91 Å². The molecule has 0 radical (unpaired) electrons. The molecule has 6 heteroatoms. The van der Waals surface area contributed by atoms with Gasteiger partial charge in [0.15, 0.2) is 0 Å². The molecule has 1 atom stereocenters. The largest absolute Gasteiger partial charge is 0.508 e. The van der Waals surface area contributed by atoms with Gasteiger partial charge in [-0.3, -0.25) is 4.79 Å². The number of amides is 1. The van der Waals surface area contributed by atoms with Crippen LogP contribution >= 0.6 is 0 Å². The van der Waals surface area contributed by atoms with Gasteiger partial charge in [-0.25, -0.2) is 4.79 Å². The zero-order valence-electron chi connectivity index (χ0n) is 10.5. The standard InChI is InChI=1S/C13H14N2O4/c1-7(13(18)19)15(2)12(17)11-6-8-5-9(16)3-4-10(8)14-11/h3-7,14,16H,1-2H3,(H,18,19). The summed E-state index contributed by atoms with van der Waals surface area (Å²) in [5, 5.41) is 18.9. The van der Waals surface area contributed by atoms with Gasteiger partial charge < -0.3 is 20.1 Å². The van der Waals surface area contributed by atoms with Crippen molar-refractivity contribution in [3.8, 4) is 5.75 Å². The summed E-state index contributed by atoms with van der Waals surface area (Å²) >= 11 is 0. The number of carboxylic acid groups (broad SMARTS) is 1. The van der Waals surface area contributed by atoms with Crippen LogP contribution in [0.5, 0.6) is 5.75 Å². The highest BCUT2D eigenvalue weighted by molar-refractivity contribution is 5.99. The summed E-state index contributed by atoms with van der Waals surface area (Å²) in [6.07, 6.45) is 0. The summed E-state index contributed by atoms with van der Waals surface area (Å²) in [5.74, 6) is -1.37. The Labute approximate surface area is 109 Å². The molecule has 2 rings (SSSR count). The molecule has 1 unspecified atom stereocenters. The average Bonchev–Trinajstić information content (AvgIpc) is 2.78. The fourth-order valence-corrected chi connectivity index (χ4v) is 1.77. The van der Waals surface area contributed by atoms with Gasteiger partial charge in [-0.1, -0.05) is 0 Å². The number of aliphatic carboxylic acids is 1. The second kappa shape index (κ2) is 4.64. The third kappa shape index (κ3) is 2.37. The molecule has 0 saturated carbocycles. The number of nitrogens with zero attached hydrogens (tertiary/aromatic N) is 1. The highest BCUT2D eigenvalue weighted by Crippen LogP contribution is 2.21. The molecular weight excluding hydrogens is 248 g/mol. The van der Waals surface area contributed by atoms with Crippen molar-refractivity contribution >= 4 is 22.8 Å². The lowest BCUT2D eigenvalue weighted by Gasteiger charge is -2.20. The first-order chi connectivity index (χ1) is 8.90. The van der Waals surface area contributed by atoms with E-state index in [0.29, 0.717) is 10.9 Å². The maximum Gasteiger partial charge on any atom is 0.326 e. The normalized spacial score (nSPS) is 12.3. The van der Waals surface area contributed by atoms with E-state index < -0.39 is 17.9 Å². The number of carboxylic acids is 1. The van der Waals surface area contributed by atoms with Crippen molar-refractivity contribution in [3.05, 3.63) is 30.0 Å². The lowest BCUT2D eigenvalue weighted by molar-refractivity contribution is -0.141. The summed E-state index contributed by atoms with van der Waals surface area (Å²) in [4.78, 5) is 27.0. The van der Waals surface area contributed by atoms with Gasteiger partial charge >= 0.3 is 5.97 Å². The number of carbonyl (C=O) groups excluding carboxylic acids is 1. The second-order valence-corrected chi connectivity index (χ2v) is 4.38. The number of benzene rings is 1. The van der Waals surface area contributed by atoms with Crippen LogP contribution in [0.3, 0.4) is 0 Å². The first-order valence-electron chi connectivity index (χ1n) is 5.72. The maximum atomic E-state index is 12.1. The first-order valence-corrected chi connectivity index (χ1v) is 5.72. The molecule has 0 aliphatic rings. The van der Waals surface area contributed by atoms with Gasteiger partial charge in [0, 0.05) is 18.0 Å². The van der Waals surface area contributed by atoms with Crippen LogP contribution in [0.4, 0.5) is 0 Å². The maximum absolute atomic E-state index is 12.1. The Hall–Kier alpha value is -2.50. The molecule has 1 heterocycles. The number of nitrogens with one attached hydrogen (secondary N) is 1. The minimum absolute atomic E-state index is 0.109. The molecule has 2 aromatic rings. The second-order valence-electron chi connectivity index (χ2n) is 4.38. The molecular formula is C13H14N2O4. The SMILES string of the molecule is CC(C(=O)O)N(C)C(=O)c1cc2cc(O)ccc2[nH]1. The number of carbonyl (C=O) groups is 2. The fraction of sp³-hybridized carbons (Fsp3) is 0.231. The number of aromatic hydroxyl groups is 1.